The molecule has 3 heteroatoms. The van der Waals surface area contributed by atoms with Crippen LogP contribution in [0.5, 0.6) is 0 Å². The van der Waals surface area contributed by atoms with Crippen molar-refractivity contribution in [1.82, 2.24) is 0 Å². The van der Waals surface area contributed by atoms with Crippen molar-refractivity contribution in [2.24, 2.45) is 5.92 Å². The third-order valence-electron chi connectivity index (χ3n) is 2.93. The van der Waals surface area contributed by atoms with Crippen molar-refractivity contribution < 1.29 is 0 Å². The van der Waals surface area contributed by atoms with Crippen LogP contribution >= 0.6 is 34.5 Å². The van der Waals surface area contributed by atoms with Gasteiger partial charge in [0.1, 0.15) is 0 Å². The van der Waals surface area contributed by atoms with E-state index in [1.807, 2.05) is 6.07 Å². The Morgan fingerprint density at radius 3 is 2.50 bits per heavy atom. The summed E-state index contributed by atoms with van der Waals surface area (Å²) in [6.07, 6.45) is 6.62. The molecule has 0 aliphatic heterocycles. The van der Waals surface area contributed by atoms with E-state index < -0.39 is 0 Å². The zero-order chi connectivity index (χ0) is 9.97. The molecule has 0 aromatic carbocycles. The Bertz CT molecular complexity index is 289. The Balaban J connectivity index is 2.03. The lowest BCUT2D eigenvalue weighted by atomic mass is 9.86. The summed E-state index contributed by atoms with van der Waals surface area (Å²) in [7, 11) is 0. The van der Waals surface area contributed by atoms with Crippen molar-refractivity contribution in [3.63, 3.8) is 0 Å². The van der Waals surface area contributed by atoms with E-state index in [1.54, 1.807) is 11.3 Å². The number of rotatable bonds is 2. The average Bonchev–Trinajstić information content (AvgIpc) is 2.65. The molecule has 2 rings (SSSR count). The molecule has 1 saturated carbocycles. The van der Waals surface area contributed by atoms with Crippen LogP contribution in [0, 0.1) is 5.92 Å². The maximum atomic E-state index is 6.45. The molecule has 0 nitrogen and oxygen atoms in total. The molecule has 1 fully saturated rings. The lowest BCUT2D eigenvalue weighted by Gasteiger charge is -2.25. The van der Waals surface area contributed by atoms with Gasteiger partial charge < -0.3 is 0 Å². The van der Waals surface area contributed by atoms with Crippen molar-refractivity contribution in [1.29, 1.82) is 0 Å². The van der Waals surface area contributed by atoms with Gasteiger partial charge in [0.25, 0.3) is 0 Å². The van der Waals surface area contributed by atoms with Crippen LogP contribution in [-0.2, 0) is 0 Å². The largest absolute Gasteiger partial charge is 0.127 e. The van der Waals surface area contributed by atoms with Gasteiger partial charge in [-0.05, 0) is 30.9 Å². The van der Waals surface area contributed by atoms with Crippen molar-refractivity contribution >= 4 is 34.5 Å². The highest BCUT2D eigenvalue weighted by molar-refractivity contribution is 7.16. The summed E-state index contributed by atoms with van der Waals surface area (Å²) in [5.41, 5.74) is 0. The second-order valence-corrected chi connectivity index (χ2v) is 6.16. The average molecular weight is 249 g/mol. The van der Waals surface area contributed by atoms with Crippen LogP contribution in [0.15, 0.2) is 12.1 Å². The predicted octanol–water partition coefficient (Wildman–Crippen LogP) is 5.26. The predicted molar refractivity (Wildman–Crippen MR) is 64.5 cm³/mol. The zero-order valence-corrected chi connectivity index (χ0v) is 10.3. The van der Waals surface area contributed by atoms with Crippen LogP contribution in [-0.4, -0.2) is 0 Å². The van der Waals surface area contributed by atoms with E-state index in [0.717, 1.165) is 4.34 Å². The molecule has 0 amide bonds. The van der Waals surface area contributed by atoms with Crippen molar-refractivity contribution in [2.45, 2.75) is 37.5 Å². The first-order valence-corrected chi connectivity index (χ1v) is 6.80. The molecule has 0 bridgehead atoms. The number of thiophene rings is 1. The normalized spacial score (nSPS) is 21.0. The molecular weight excluding hydrogens is 235 g/mol. The molecule has 1 aliphatic rings. The fraction of sp³-hybridized carbons (Fsp3) is 0.636. The monoisotopic (exact) mass is 248 g/mol. The van der Waals surface area contributed by atoms with Gasteiger partial charge in [-0.2, -0.15) is 0 Å². The maximum absolute atomic E-state index is 6.45. The fourth-order valence-corrected chi connectivity index (χ4v) is 3.73. The van der Waals surface area contributed by atoms with Crippen molar-refractivity contribution in [2.75, 3.05) is 0 Å². The summed E-state index contributed by atoms with van der Waals surface area (Å²) in [6, 6.07) is 4.01. The lowest BCUT2D eigenvalue weighted by Crippen LogP contribution is -2.11. The highest BCUT2D eigenvalue weighted by atomic mass is 35.5. The minimum absolute atomic E-state index is 0.188. The zero-order valence-electron chi connectivity index (χ0n) is 8.01. The number of halogens is 2. The highest BCUT2D eigenvalue weighted by Crippen LogP contribution is 2.41. The van der Waals surface area contributed by atoms with E-state index in [-0.39, 0.29) is 5.38 Å². The van der Waals surface area contributed by atoms with Gasteiger partial charge in [0, 0.05) is 4.88 Å². The molecule has 0 spiro atoms. The molecule has 1 atom stereocenters. The Morgan fingerprint density at radius 1 is 1.21 bits per heavy atom. The van der Waals surface area contributed by atoms with E-state index in [9.17, 15) is 0 Å². The molecule has 0 saturated heterocycles. The highest BCUT2D eigenvalue weighted by Gasteiger charge is 2.24. The standard InChI is InChI=1S/C11H14Cl2S/c12-10-7-6-9(14-10)11(13)8-4-2-1-3-5-8/h6-8,11H,1-5H2. The van der Waals surface area contributed by atoms with Crippen LogP contribution in [0.25, 0.3) is 0 Å². The summed E-state index contributed by atoms with van der Waals surface area (Å²) in [6.45, 7) is 0. The first-order valence-electron chi connectivity index (χ1n) is 5.16. The molecule has 78 valence electrons. The summed E-state index contributed by atoms with van der Waals surface area (Å²) in [4.78, 5) is 1.24. The SMILES string of the molecule is Clc1ccc(C(Cl)C2CCCCC2)s1. The van der Waals surface area contributed by atoms with E-state index in [1.165, 1.54) is 37.0 Å². The Labute approximate surface area is 99.2 Å². The van der Waals surface area contributed by atoms with Crippen LogP contribution < -0.4 is 0 Å². The molecule has 1 aromatic heterocycles. The van der Waals surface area contributed by atoms with Gasteiger partial charge in [-0.25, -0.2) is 0 Å². The fourth-order valence-electron chi connectivity index (χ4n) is 2.14. The molecule has 1 aliphatic carbocycles. The summed E-state index contributed by atoms with van der Waals surface area (Å²) >= 11 is 14.0. The van der Waals surface area contributed by atoms with E-state index in [2.05, 4.69) is 6.07 Å². The van der Waals surface area contributed by atoms with Gasteiger partial charge >= 0.3 is 0 Å². The first kappa shape index (κ1) is 10.8. The van der Waals surface area contributed by atoms with Gasteiger partial charge in [-0.15, -0.1) is 22.9 Å². The number of alkyl halides is 1. The van der Waals surface area contributed by atoms with Gasteiger partial charge in [0.2, 0.25) is 0 Å². The second-order valence-electron chi connectivity index (χ2n) is 3.94. The minimum atomic E-state index is 0.188. The molecule has 1 unspecified atom stereocenters. The molecule has 1 aromatic rings. The van der Waals surface area contributed by atoms with Crippen LogP contribution in [0.4, 0.5) is 0 Å². The summed E-state index contributed by atoms with van der Waals surface area (Å²) < 4.78 is 0.849. The minimum Gasteiger partial charge on any atom is -0.127 e. The summed E-state index contributed by atoms with van der Waals surface area (Å²) in [5.74, 6) is 0.667. The van der Waals surface area contributed by atoms with Gasteiger partial charge in [0.05, 0.1) is 9.71 Å². The van der Waals surface area contributed by atoms with Gasteiger partial charge in [-0.1, -0.05) is 30.9 Å². The van der Waals surface area contributed by atoms with Crippen LogP contribution in [0.1, 0.15) is 42.4 Å². The molecular formula is C11H14Cl2S. The third kappa shape index (κ3) is 2.44. The summed E-state index contributed by atoms with van der Waals surface area (Å²) in [5, 5.41) is 0.188. The van der Waals surface area contributed by atoms with Gasteiger partial charge in [0.15, 0.2) is 0 Å². The van der Waals surface area contributed by atoms with E-state index >= 15 is 0 Å². The molecule has 14 heavy (non-hydrogen) atoms. The van der Waals surface area contributed by atoms with Crippen molar-refractivity contribution in [3.05, 3.63) is 21.3 Å². The first-order chi connectivity index (χ1) is 6.77. The Morgan fingerprint density at radius 2 is 1.93 bits per heavy atom. The Kier molecular flexibility index (Phi) is 3.75. The number of hydrogen-bond donors (Lipinski definition) is 0. The van der Waals surface area contributed by atoms with E-state index in [0.29, 0.717) is 5.92 Å². The van der Waals surface area contributed by atoms with E-state index in [4.69, 9.17) is 23.2 Å². The molecule has 0 N–H and O–H groups in total. The topological polar surface area (TPSA) is 0 Å². The second kappa shape index (κ2) is 4.87. The maximum Gasteiger partial charge on any atom is 0.0931 e. The third-order valence-corrected chi connectivity index (χ3v) is 4.96. The lowest BCUT2D eigenvalue weighted by molar-refractivity contribution is 0.350. The van der Waals surface area contributed by atoms with Crippen LogP contribution in [0.3, 0.4) is 0 Å². The van der Waals surface area contributed by atoms with Crippen molar-refractivity contribution in [3.8, 4) is 0 Å². The smallest absolute Gasteiger partial charge is 0.0931 e. The molecule has 0 radical (unpaired) electrons. The van der Waals surface area contributed by atoms with Crippen LogP contribution in [0.2, 0.25) is 4.34 Å². The molecule has 1 heterocycles. The van der Waals surface area contributed by atoms with Gasteiger partial charge in [-0.3, -0.25) is 0 Å². The quantitative estimate of drug-likeness (QED) is 0.627. The number of hydrogen-bond acceptors (Lipinski definition) is 1. The Hall–Kier alpha value is 0.280.